The van der Waals surface area contributed by atoms with Crippen LogP contribution in [0.15, 0.2) is 6.07 Å². The Kier molecular flexibility index (Phi) is 4.77. The van der Waals surface area contributed by atoms with Gasteiger partial charge in [-0.2, -0.15) is 18.2 Å². The van der Waals surface area contributed by atoms with Gasteiger partial charge >= 0.3 is 12.3 Å². The maximum absolute atomic E-state index is 12.7. The molecule has 0 aromatic carbocycles. The highest BCUT2D eigenvalue weighted by molar-refractivity contribution is 5.68. The van der Waals surface area contributed by atoms with Gasteiger partial charge in [0.2, 0.25) is 5.95 Å². The van der Waals surface area contributed by atoms with Gasteiger partial charge in [0.1, 0.15) is 11.4 Å². The molecule has 3 N–H and O–H groups in total. The van der Waals surface area contributed by atoms with Crippen LogP contribution < -0.4 is 11.1 Å². The Morgan fingerprint density at radius 3 is 2.62 bits per heavy atom. The van der Waals surface area contributed by atoms with Crippen LogP contribution in [-0.4, -0.2) is 45.7 Å². The first-order valence-corrected chi connectivity index (χ1v) is 7.40. The molecule has 1 aromatic heterocycles. The highest BCUT2D eigenvalue weighted by Crippen LogP contribution is 2.29. The Labute approximate surface area is 137 Å². The van der Waals surface area contributed by atoms with Gasteiger partial charge in [0.15, 0.2) is 5.69 Å². The van der Waals surface area contributed by atoms with Crippen molar-refractivity contribution in [2.24, 2.45) is 0 Å². The van der Waals surface area contributed by atoms with Gasteiger partial charge in [-0.05, 0) is 27.2 Å². The molecule has 10 heteroatoms. The van der Waals surface area contributed by atoms with E-state index in [2.05, 4.69) is 15.3 Å². The zero-order valence-corrected chi connectivity index (χ0v) is 13.6. The zero-order valence-electron chi connectivity index (χ0n) is 13.6. The normalized spacial score (nSPS) is 18.6. The number of hydrogen-bond acceptors (Lipinski definition) is 6. The lowest BCUT2D eigenvalue weighted by atomic mass is 10.2. The quantitative estimate of drug-likeness (QED) is 0.854. The minimum absolute atomic E-state index is 0.0223. The van der Waals surface area contributed by atoms with Crippen molar-refractivity contribution in [1.29, 1.82) is 0 Å². The molecule has 7 nitrogen and oxygen atoms in total. The molecule has 0 radical (unpaired) electrons. The second-order valence-electron chi connectivity index (χ2n) is 6.55. The number of rotatable bonds is 2. The highest BCUT2D eigenvalue weighted by atomic mass is 19.4. The summed E-state index contributed by atoms with van der Waals surface area (Å²) in [5, 5.41) is 2.86. The molecule has 2 heterocycles. The summed E-state index contributed by atoms with van der Waals surface area (Å²) in [6.45, 7) is 6.04. The third-order valence-corrected chi connectivity index (χ3v) is 3.23. The molecule has 1 aromatic rings. The fourth-order valence-electron chi connectivity index (χ4n) is 2.26. The summed E-state index contributed by atoms with van der Waals surface area (Å²) in [4.78, 5) is 20.4. The van der Waals surface area contributed by atoms with Crippen LogP contribution in [0.5, 0.6) is 0 Å². The number of nitrogens with zero attached hydrogens (tertiary/aromatic N) is 3. The second-order valence-corrected chi connectivity index (χ2v) is 6.55. The molecule has 0 aliphatic carbocycles. The number of amides is 1. The van der Waals surface area contributed by atoms with Gasteiger partial charge in [0.25, 0.3) is 0 Å². The molecule has 0 bridgehead atoms. The van der Waals surface area contributed by atoms with Crippen molar-refractivity contribution in [3.8, 4) is 0 Å². The Bertz CT molecular complexity index is 615. The van der Waals surface area contributed by atoms with Gasteiger partial charge in [0.05, 0.1) is 0 Å². The van der Waals surface area contributed by atoms with E-state index in [1.54, 1.807) is 20.8 Å². The fraction of sp³-hybridized carbons (Fsp3) is 0.643. The number of hydrogen-bond donors (Lipinski definition) is 2. The maximum Gasteiger partial charge on any atom is 0.433 e. The Balaban J connectivity index is 2.01. The minimum atomic E-state index is -4.61. The number of nitrogens with one attached hydrogen (secondary N) is 1. The third kappa shape index (κ3) is 4.87. The number of aromatic nitrogens is 2. The molecule has 2 rings (SSSR count). The lowest BCUT2D eigenvalue weighted by Gasteiger charge is -2.24. The molecule has 0 saturated carbocycles. The van der Waals surface area contributed by atoms with E-state index in [9.17, 15) is 18.0 Å². The van der Waals surface area contributed by atoms with Crippen molar-refractivity contribution < 1.29 is 22.7 Å². The summed E-state index contributed by atoms with van der Waals surface area (Å²) in [6, 6.07) is 0.555. The summed E-state index contributed by atoms with van der Waals surface area (Å²) >= 11 is 0. The molecule has 24 heavy (non-hydrogen) atoms. The molecule has 1 atom stereocenters. The first-order chi connectivity index (χ1) is 10.9. The molecule has 1 amide bonds. The van der Waals surface area contributed by atoms with Crippen LogP contribution in [-0.2, 0) is 10.9 Å². The molecule has 1 saturated heterocycles. The average molecular weight is 347 g/mol. The second kappa shape index (κ2) is 6.33. The standard InChI is InChI=1S/C14H20F3N5O2/c1-13(2,3)24-12(23)22-5-4-8(7-22)19-10-6-9(14(15,16)17)20-11(18)21-10/h6,8H,4-5,7H2,1-3H3,(H3,18,19,20,21). The number of likely N-dealkylation sites (tertiary alicyclic amines) is 1. The van der Waals surface area contributed by atoms with E-state index in [1.165, 1.54) is 4.90 Å². The van der Waals surface area contributed by atoms with Crippen molar-refractivity contribution in [2.45, 2.75) is 45.0 Å². The molecular weight excluding hydrogens is 327 g/mol. The number of nitrogen functional groups attached to an aromatic ring is 1. The minimum Gasteiger partial charge on any atom is -0.444 e. The highest BCUT2D eigenvalue weighted by Gasteiger charge is 2.34. The van der Waals surface area contributed by atoms with Crippen molar-refractivity contribution in [3.63, 3.8) is 0 Å². The first-order valence-electron chi connectivity index (χ1n) is 7.40. The van der Waals surface area contributed by atoms with E-state index in [0.717, 1.165) is 6.07 Å². The smallest absolute Gasteiger partial charge is 0.433 e. The lowest BCUT2D eigenvalue weighted by Crippen LogP contribution is -2.36. The number of carbonyl (C=O) groups is 1. The molecule has 1 unspecified atom stereocenters. The van der Waals surface area contributed by atoms with Crippen molar-refractivity contribution >= 4 is 17.9 Å². The number of ether oxygens (including phenoxy) is 1. The van der Waals surface area contributed by atoms with Gasteiger partial charge < -0.3 is 20.7 Å². The number of anilines is 2. The number of nitrogens with two attached hydrogens (primary N) is 1. The summed E-state index contributed by atoms with van der Waals surface area (Å²) in [5.41, 5.74) is 3.61. The van der Waals surface area contributed by atoms with Crippen molar-refractivity contribution in [2.75, 3.05) is 24.1 Å². The summed E-state index contributed by atoms with van der Waals surface area (Å²) in [7, 11) is 0. The van der Waals surface area contributed by atoms with Crippen LogP contribution in [0.3, 0.4) is 0 Å². The predicted molar refractivity (Wildman–Crippen MR) is 81.3 cm³/mol. The van der Waals surface area contributed by atoms with Crippen LogP contribution in [0.25, 0.3) is 0 Å². The average Bonchev–Trinajstić information content (AvgIpc) is 2.83. The van der Waals surface area contributed by atoms with Gasteiger partial charge in [-0.25, -0.2) is 9.78 Å². The summed E-state index contributed by atoms with van der Waals surface area (Å²) in [6.07, 6.45) is -4.50. The van der Waals surface area contributed by atoms with Crippen LogP contribution in [0.2, 0.25) is 0 Å². The lowest BCUT2D eigenvalue weighted by molar-refractivity contribution is -0.141. The topological polar surface area (TPSA) is 93.4 Å². The van der Waals surface area contributed by atoms with Gasteiger partial charge in [-0.15, -0.1) is 0 Å². The Morgan fingerprint density at radius 2 is 2.04 bits per heavy atom. The van der Waals surface area contributed by atoms with Crippen LogP contribution >= 0.6 is 0 Å². The zero-order chi connectivity index (χ0) is 18.1. The van der Waals surface area contributed by atoms with Crippen LogP contribution in [0.1, 0.15) is 32.9 Å². The van der Waals surface area contributed by atoms with Gasteiger partial charge in [0, 0.05) is 25.2 Å². The van der Waals surface area contributed by atoms with Gasteiger partial charge in [-0.1, -0.05) is 0 Å². The summed E-state index contributed by atoms with van der Waals surface area (Å²) in [5.74, 6) is -0.486. The number of alkyl halides is 3. The van der Waals surface area contributed by atoms with Gasteiger partial charge in [-0.3, -0.25) is 0 Å². The summed E-state index contributed by atoms with van der Waals surface area (Å²) < 4.78 is 43.5. The van der Waals surface area contributed by atoms with E-state index >= 15 is 0 Å². The van der Waals surface area contributed by atoms with E-state index in [1.807, 2.05) is 0 Å². The van der Waals surface area contributed by atoms with E-state index in [0.29, 0.717) is 19.5 Å². The first kappa shape index (κ1) is 18.1. The van der Waals surface area contributed by atoms with E-state index in [-0.39, 0.29) is 11.9 Å². The SMILES string of the molecule is CC(C)(C)OC(=O)N1CCC(Nc2cc(C(F)(F)F)nc(N)n2)C1. The largest absolute Gasteiger partial charge is 0.444 e. The molecule has 134 valence electrons. The van der Waals surface area contributed by atoms with Crippen molar-refractivity contribution in [1.82, 2.24) is 14.9 Å². The number of halogens is 3. The monoisotopic (exact) mass is 347 g/mol. The van der Waals surface area contributed by atoms with Crippen molar-refractivity contribution in [3.05, 3.63) is 11.8 Å². The molecule has 0 spiro atoms. The molecule has 1 aliphatic heterocycles. The molecule has 1 fully saturated rings. The number of carbonyl (C=O) groups excluding carboxylic acids is 1. The fourth-order valence-corrected chi connectivity index (χ4v) is 2.26. The Hall–Kier alpha value is -2.26. The predicted octanol–water partition coefficient (Wildman–Crippen LogP) is 2.50. The van der Waals surface area contributed by atoms with Crippen LogP contribution in [0.4, 0.5) is 29.7 Å². The third-order valence-electron chi connectivity index (χ3n) is 3.23. The van der Waals surface area contributed by atoms with E-state index < -0.39 is 29.5 Å². The molecule has 1 aliphatic rings. The molecular formula is C14H20F3N5O2. The maximum atomic E-state index is 12.7. The van der Waals surface area contributed by atoms with Crippen LogP contribution in [0, 0.1) is 0 Å². The Morgan fingerprint density at radius 1 is 1.38 bits per heavy atom. The van der Waals surface area contributed by atoms with E-state index in [4.69, 9.17) is 10.5 Å².